The Morgan fingerprint density at radius 1 is 0.891 bits per heavy atom. The number of ketones is 1. The van der Waals surface area contributed by atoms with Crippen molar-refractivity contribution in [3.05, 3.63) is 89.8 Å². The van der Waals surface area contributed by atoms with Gasteiger partial charge in [0.25, 0.3) is 0 Å². The fourth-order valence-corrected chi connectivity index (χ4v) is 7.12. The summed E-state index contributed by atoms with van der Waals surface area (Å²) in [6, 6.07) is 19.7. The van der Waals surface area contributed by atoms with Crippen LogP contribution in [0.1, 0.15) is 84.3 Å². The molecule has 2 aromatic heterocycles. The maximum atomic E-state index is 13.6. The number of rotatable bonds is 9. The first kappa shape index (κ1) is 37.4. The average Bonchev–Trinajstić information content (AvgIpc) is 3.40. The van der Waals surface area contributed by atoms with Gasteiger partial charge in [0.1, 0.15) is 0 Å². The van der Waals surface area contributed by atoms with Crippen molar-refractivity contribution in [1.29, 1.82) is 0 Å². The number of allylic oxidation sites excluding steroid dienone is 2. The summed E-state index contributed by atoms with van der Waals surface area (Å²) >= 11 is 1.15. The molecule has 0 saturated heterocycles. The van der Waals surface area contributed by atoms with Crippen LogP contribution in [0.4, 0.5) is 13.2 Å². The summed E-state index contributed by atoms with van der Waals surface area (Å²) in [5, 5.41) is 13.3. The van der Waals surface area contributed by atoms with Gasteiger partial charge in [-0.05, 0) is 49.1 Å². The largest absolute Gasteiger partial charge is 0.512 e. The average molecular weight is 825 g/mol. The Bertz CT molecular complexity index is 1820. The van der Waals surface area contributed by atoms with Crippen molar-refractivity contribution < 1.29 is 43.2 Å². The van der Waals surface area contributed by atoms with E-state index in [0.717, 1.165) is 69.5 Å². The van der Waals surface area contributed by atoms with Crippen molar-refractivity contribution in [3.63, 3.8) is 0 Å². The van der Waals surface area contributed by atoms with E-state index in [2.05, 4.69) is 37.0 Å². The molecule has 3 nitrogen and oxygen atoms in total. The minimum absolute atomic E-state index is 0. The van der Waals surface area contributed by atoms with Crippen LogP contribution >= 0.6 is 11.3 Å². The third-order valence-corrected chi connectivity index (χ3v) is 9.75. The molecule has 5 aromatic rings. The SMILES string of the molecule is CC(C)c1cc(-c2nccc3c2sc2c(C(F)(F)F)cccc23)[c-]c2ccccc12.CCC(CC)C(=O)/C=C(\O)C(CC)CC.[Ir]. The van der Waals surface area contributed by atoms with Gasteiger partial charge >= 0.3 is 6.18 Å². The van der Waals surface area contributed by atoms with Crippen LogP contribution < -0.4 is 0 Å². The van der Waals surface area contributed by atoms with E-state index in [0.29, 0.717) is 17.0 Å². The molecule has 1 N–H and O–H groups in total. The third-order valence-electron chi connectivity index (χ3n) is 8.49. The molecule has 0 saturated carbocycles. The molecule has 0 aliphatic heterocycles. The molecule has 0 atom stereocenters. The minimum atomic E-state index is -4.39. The first-order valence-corrected chi connectivity index (χ1v) is 16.5. The second kappa shape index (κ2) is 16.2. The Labute approximate surface area is 287 Å². The van der Waals surface area contributed by atoms with Crippen molar-refractivity contribution in [3.8, 4) is 11.3 Å². The number of benzene rings is 3. The van der Waals surface area contributed by atoms with Crippen molar-refractivity contribution in [2.75, 3.05) is 0 Å². The molecule has 0 bridgehead atoms. The van der Waals surface area contributed by atoms with Crippen LogP contribution in [0.3, 0.4) is 0 Å². The molecule has 8 heteroatoms. The van der Waals surface area contributed by atoms with E-state index < -0.39 is 11.7 Å². The molecule has 0 fully saturated rings. The number of thiophene rings is 1. The van der Waals surface area contributed by atoms with Gasteiger partial charge in [-0.15, -0.1) is 40.5 Å². The summed E-state index contributed by atoms with van der Waals surface area (Å²) in [4.78, 5) is 16.3. The zero-order valence-electron chi connectivity index (χ0n) is 27.1. The second-order valence-corrected chi connectivity index (χ2v) is 12.7. The summed E-state index contributed by atoms with van der Waals surface area (Å²) in [7, 11) is 0. The van der Waals surface area contributed by atoms with Gasteiger partial charge in [0.2, 0.25) is 0 Å². The second-order valence-electron chi connectivity index (χ2n) is 11.7. The van der Waals surface area contributed by atoms with Crippen molar-refractivity contribution in [2.24, 2.45) is 11.8 Å². The van der Waals surface area contributed by atoms with E-state index in [9.17, 15) is 23.1 Å². The first-order valence-electron chi connectivity index (χ1n) is 15.7. The fraction of sp³-hybridized carbons (Fsp3) is 0.368. The van der Waals surface area contributed by atoms with Crippen LogP contribution in [0.2, 0.25) is 0 Å². The molecule has 3 aromatic carbocycles. The quantitative estimate of drug-likeness (QED) is 0.0915. The van der Waals surface area contributed by atoms with E-state index >= 15 is 0 Å². The van der Waals surface area contributed by atoms with Crippen LogP contribution in [0.15, 0.2) is 72.6 Å². The number of aliphatic hydroxyl groups excluding tert-OH is 1. The monoisotopic (exact) mass is 825 g/mol. The summed E-state index contributed by atoms with van der Waals surface area (Å²) in [6.45, 7) is 12.3. The van der Waals surface area contributed by atoms with Crippen LogP contribution in [0, 0.1) is 17.9 Å². The molecule has 0 aliphatic carbocycles. The maximum absolute atomic E-state index is 13.6. The Kier molecular flexibility index (Phi) is 13.1. The Hall–Kier alpha value is -3.06. The number of fused-ring (bicyclic) bond motifs is 4. The van der Waals surface area contributed by atoms with Gasteiger partial charge in [-0.25, -0.2) is 0 Å². The number of nitrogens with zero attached hydrogens (tertiary/aromatic N) is 1. The van der Waals surface area contributed by atoms with E-state index in [1.807, 2.05) is 45.9 Å². The number of carbonyl (C=O) groups excluding carboxylic acids is 1. The Morgan fingerprint density at radius 3 is 2.11 bits per heavy atom. The number of hydrogen-bond donors (Lipinski definition) is 1. The number of aliphatic hydroxyl groups is 1. The standard InChI is InChI=1S/C25H17F3NS.C13H24O2.Ir/c1-14(2)20-13-16(12-15-6-3-4-7-17(15)20)22-24-19(10-11-29-22)18-8-5-9-21(23(18)30-24)25(26,27)28;1-5-10(6-2)12(14)9-13(15)11(7-3)8-4;/h3-11,13-14H,1-2H3;9-11,14H,5-8H2,1-4H3;/q-1;;/b;12-9-;. The fourth-order valence-electron chi connectivity index (χ4n) is 5.78. The summed E-state index contributed by atoms with van der Waals surface area (Å²) < 4.78 is 41.7. The predicted octanol–water partition coefficient (Wildman–Crippen LogP) is 12.1. The van der Waals surface area contributed by atoms with Gasteiger partial charge in [0, 0.05) is 64.7 Å². The molecule has 0 aliphatic rings. The molecular weight excluding hydrogens is 784 g/mol. The predicted molar refractivity (Wildman–Crippen MR) is 182 cm³/mol. The van der Waals surface area contributed by atoms with Gasteiger partial charge < -0.3 is 5.11 Å². The number of halogens is 3. The normalized spacial score (nSPS) is 12.2. The topological polar surface area (TPSA) is 50.2 Å². The summed E-state index contributed by atoms with van der Waals surface area (Å²) in [5.74, 6) is 0.841. The molecule has 46 heavy (non-hydrogen) atoms. The molecule has 1 radical (unpaired) electrons. The number of pyridine rings is 1. The van der Waals surface area contributed by atoms with E-state index in [1.165, 1.54) is 17.7 Å². The zero-order chi connectivity index (χ0) is 32.9. The summed E-state index contributed by atoms with van der Waals surface area (Å²) in [5.41, 5.74) is 2.06. The number of carbonyl (C=O) groups is 1. The molecule has 5 rings (SSSR count). The van der Waals surface area contributed by atoms with E-state index in [1.54, 1.807) is 18.3 Å². The van der Waals surface area contributed by atoms with Gasteiger partial charge in [0.05, 0.1) is 11.3 Å². The summed E-state index contributed by atoms with van der Waals surface area (Å²) in [6.07, 6.45) is 2.18. The smallest absolute Gasteiger partial charge is 0.417 e. The van der Waals surface area contributed by atoms with Gasteiger partial charge in [-0.1, -0.05) is 82.8 Å². The third kappa shape index (κ3) is 8.07. The first-order chi connectivity index (χ1) is 21.4. The molecule has 0 unspecified atom stereocenters. The molecule has 247 valence electrons. The number of alkyl halides is 3. The van der Waals surface area contributed by atoms with Crippen LogP contribution in [-0.4, -0.2) is 15.9 Å². The van der Waals surface area contributed by atoms with Crippen molar-refractivity contribution >= 4 is 48.1 Å². The molecular formula is C38H41F3IrNO2S-. The van der Waals surface area contributed by atoms with Crippen molar-refractivity contribution in [1.82, 2.24) is 4.98 Å². The minimum Gasteiger partial charge on any atom is -0.512 e. The van der Waals surface area contributed by atoms with Crippen LogP contribution in [0.25, 0.3) is 42.2 Å². The number of hydrogen-bond acceptors (Lipinski definition) is 4. The van der Waals surface area contributed by atoms with Gasteiger partial charge in [0.15, 0.2) is 5.78 Å². The van der Waals surface area contributed by atoms with Crippen LogP contribution in [0.5, 0.6) is 0 Å². The van der Waals surface area contributed by atoms with E-state index in [4.69, 9.17) is 0 Å². The Morgan fingerprint density at radius 2 is 1.50 bits per heavy atom. The van der Waals surface area contributed by atoms with Crippen molar-refractivity contribution in [2.45, 2.75) is 79.3 Å². The Balaban J connectivity index is 0.000000309. The molecule has 2 heterocycles. The van der Waals surface area contributed by atoms with Gasteiger partial charge in [-0.3, -0.25) is 9.78 Å². The number of aromatic nitrogens is 1. The zero-order valence-corrected chi connectivity index (χ0v) is 30.3. The van der Waals surface area contributed by atoms with E-state index in [-0.39, 0.29) is 48.2 Å². The maximum Gasteiger partial charge on any atom is 0.417 e. The molecule has 0 spiro atoms. The molecule has 0 amide bonds. The van der Waals surface area contributed by atoms with Gasteiger partial charge in [-0.2, -0.15) is 13.2 Å². The van der Waals surface area contributed by atoms with Crippen LogP contribution in [-0.2, 0) is 31.1 Å².